The van der Waals surface area contributed by atoms with Crippen molar-refractivity contribution < 1.29 is 9.53 Å². The predicted molar refractivity (Wildman–Crippen MR) is 79.6 cm³/mol. The first-order valence-electron chi connectivity index (χ1n) is 6.41. The third-order valence-corrected chi connectivity index (χ3v) is 3.11. The molecule has 0 bridgehead atoms. The van der Waals surface area contributed by atoms with Gasteiger partial charge in [-0.05, 0) is 35.8 Å². The quantitative estimate of drug-likeness (QED) is 0.714. The molecule has 0 atom stereocenters. The molecule has 0 radical (unpaired) electrons. The summed E-state index contributed by atoms with van der Waals surface area (Å²) < 4.78 is 7.80. The smallest absolute Gasteiger partial charge is 0.268 e. The number of ether oxygens (including phenoxy) is 1. The van der Waals surface area contributed by atoms with E-state index < -0.39 is 0 Å². The minimum Gasteiger partial charge on any atom is -0.383 e. The van der Waals surface area contributed by atoms with Crippen LogP contribution in [0.15, 0.2) is 16.7 Å². The van der Waals surface area contributed by atoms with Crippen molar-refractivity contribution in [2.45, 2.75) is 19.9 Å². The molecule has 0 saturated heterocycles. The predicted octanol–water partition coefficient (Wildman–Crippen LogP) is 1.80. The van der Waals surface area contributed by atoms with Crippen LogP contribution in [0.4, 0.5) is 0 Å². The minimum absolute atomic E-state index is 0.0482. The van der Waals surface area contributed by atoms with Crippen LogP contribution < -0.4 is 10.6 Å². The highest BCUT2D eigenvalue weighted by Crippen LogP contribution is 2.19. The first kappa shape index (κ1) is 16.2. The van der Waals surface area contributed by atoms with Crippen LogP contribution in [0.5, 0.6) is 0 Å². The number of rotatable bonds is 8. The Labute approximate surface area is 122 Å². The second-order valence-corrected chi connectivity index (χ2v) is 5.46. The highest BCUT2D eigenvalue weighted by atomic mass is 79.9. The van der Waals surface area contributed by atoms with Gasteiger partial charge in [0.05, 0.1) is 6.61 Å². The molecule has 1 heterocycles. The number of carbonyl (C=O) groups excluding carboxylic acids is 1. The number of nitrogens with zero attached hydrogens (tertiary/aromatic N) is 1. The van der Waals surface area contributed by atoms with Gasteiger partial charge in [0.15, 0.2) is 0 Å². The van der Waals surface area contributed by atoms with Gasteiger partial charge >= 0.3 is 0 Å². The number of amides is 1. The second kappa shape index (κ2) is 8.35. The van der Waals surface area contributed by atoms with Crippen LogP contribution >= 0.6 is 15.9 Å². The Morgan fingerprint density at radius 3 is 2.79 bits per heavy atom. The summed E-state index contributed by atoms with van der Waals surface area (Å²) in [5, 5.41) is 6.08. The van der Waals surface area contributed by atoms with Gasteiger partial charge in [-0.25, -0.2) is 0 Å². The molecule has 2 N–H and O–H groups in total. The van der Waals surface area contributed by atoms with Crippen LogP contribution in [0.2, 0.25) is 0 Å². The zero-order chi connectivity index (χ0) is 14.3. The molecule has 0 aromatic carbocycles. The molecule has 19 heavy (non-hydrogen) atoms. The lowest BCUT2D eigenvalue weighted by Gasteiger charge is -2.12. The van der Waals surface area contributed by atoms with E-state index in [4.69, 9.17) is 4.74 Å². The van der Waals surface area contributed by atoms with Crippen molar-refractivity contribution in [2.24, 2.45) is 0 Å². The van der Waals surface area contributed by atoms with Crippen molar-refractivity contribution in [3.8, 4) is 0 Å². The van der Waals surface area contributed by atoms with Crippen LogP contribution in [0.3, 0.4) is 0 Å². The van der Waals surface area contributed by atoms with Crippen molar-refractivity contribution in [2.75, 3.05) is 33.4 Å². The molecular weight excluding hydrogens is 310 g/mol. The first-order valence-corrected chi connectivity index (χ1v) is 7.20. The molecule has 6 heteroatoms. The Hall–Kier alpha value is -0.850. The summed E-state index contributed by atoms with van der Waals surface area (Å²) in [5.74, 6) is -0.0482. The van der Waals surface area contributed by atoms with E-state index in [1.54, 1.807) is 7.11 Å². The Morgan fingerprint density at radius 2 is 2.16 bits per heavy atom. The van der Waals surface area contributed by atoms with E-state index >= 15 is 0 Å². The van der Waals surface area contributed by atoms with Gasteiger partial charge in [-0.1, -0.05) is 0 Å². The van der Waals surface area contributed by atoms with Crippen molar-refractivity contribution in [1.82, 2.24) is 15.2 Å². The van der Waals surface area contributed by atoms with E-state index in [0.29, 0.717) is 18.8 Å². The van der Waals surface area contributed by atoms with Crippen LogP contribution in [-0.4, -0.2) is 43.8 Å². The average molecular weight is 332 g/mol. The molecule has 108 valence electrons. The van der Waals surface area contributed by atoms with Gasteiger partial charge in [-0.3, -0.25) is 4.79 Å². The SMILES string of the molecule is COCCNCCNC(=O)c1cc(Br)cn1C(C)C. The Balaban J connectivity index is 2.41. The van der Waals surface area contributed by atoms with Crippen LogP contribution in [0.25, 0.3) is 0 Å². The highest BCUT2D eigenvalue weighted by Gasteiger charge is 2.14. The maximum absolute atomic E-state index is 12.1. The molecule has 0 unspecified atom stereocenters. The second-order valence-electron chi connectivity index (χ2n) is 4.54. The zero-order valence-corrected chi connectivity index (χ0v) is 13.3. The molecule has 0 aliphatic rings. The molecule has 5 nitrogen and oxygen atoms in total. The van der Waals surface area contributed by atoms with Gasteiger partial charge in [0, 0.05) is 43.5 Å². The molecule has 0 spiro atoms. The summed E-state index contributed by atoms with van der Waals surface area (Å²) in [7, 11) is 1.67. The molecule has 0 fully saturated rings. The van der Waals surface area contributed by atoms with E-state index in [-0.39, 0.29) is 11.9 Å². The van der Waals surface area contributed by atoms with Crippen molar-refractivity contribution in [1.29, 1.82) is 0 Å². The largest absolute Gasteiger partial charge is 0.383 e. The Kier molecular flexibility index (Phi) is 7.12. The monoisotopic (exact) mass is 331 g/mol. The average Bonchev–Trinajstić information content (AvgIpc) is 2.76. The molecule has 0 aliphatic carbocycles. The van der Waals surface area contributed by atoms with Gasteiger partial charge in [-0.15, -0.1) is 0 Å². The number of hydrogen-bond acceptors (Lipinski definition) is 3. The number of methoxy groups -OCH3 is 1. The van der Waals surface area contributed by atoms with Gasteiger partial charge in [-0.2, -0.15) is 0 Å². The van der Waals surface area contributed by atoms with E-state index in [2.05, 4.69) is 40.4 Å². The van der Waals surface area contributed by atoms with Crippen molar-refractivity contribution >= 4 is 21.8 Å². The maximum Gasteiger partial charge on any atom is 0.268 e. The van der Waals surface area contributed by atoms with Gasteiger partial charge in [0.25, 0.3) is 5.91 Å². The number of nitrogens with one attached hydrogen (secondary N) is 2. The topological polar surface area (TPSA) is 55.3 Å². The van der Waals surface area contributed by atoms with E-state index in [1.807, 2.05) is 16.8 Å². The summed E-state index contributed by atoms with van der Waals surface area (Å²) in [6, 6.07) is 2.10. The third-order valence-electron chi connectivity index (χ3n) is 2.67. The number of hydrogen-bond donors (Lipinski definition) is 2. The maximum atomic E-state index is 12.1. The molecule has 0 aliphatic heterocycles. The molecule has 1 rings (SSSR count). The minimum atomic E-state index is -0.0482. The molecule has 0 saturated carbocycles. The van der Waals surface area contributed by atoms with Crippen molar-refractivity contribution in [3.05, 3.63) is 22.4 Å². The van der Waals surface area contributed by atoms with Gasteiger partial charge in [0.1, 0.15) is 5.69 Å². The number of halogens is 1. The van der Waals surface area contributed by atoms with E-state index in [1.165, 1.54) is 0 Å². The fourth-order valence-electron chi connectivity index (χ4n) is 1.71. The fourth-order valence-corrected chi connectivity index (χ4v) is 2.15. The van der Waals surface area contributed by atoms with E-state index in [0.717, 1.165) is 17.6 Å². The summed E-state index contributed by atoms with van der Waals surface area (Å²) >= 11 is 3.40. The fraction of sp³-hybridized carbons (Fsp3) is 0.615. The summed E-state index contributed by atoms with van der Waals surface area (Å²) in [5.41, 5.74) is 0.679. The summed E-state index contributed by atoms with van der Waals surface area (Å²) in [6.45, 7) is 6.91. The Morgan fingerprint density at radius 1 is 1.42 bits per heavy atom. The number of aromatic nitrogens is 1. The van der Waals surface area contributed by atoms with Crippen LogP contribution in [-0.2, 0) is 4.74 Å². The Bertz CT molecular complexity index is 405. The van der Waals surface area contributed by atoms with Gasteiger partial charge in [0.2, 0.25) is 0 Å². The lowest BCUT2D eigenvalue weighted by atomic mass is 10.3. The van der Waals surface area contributed by atoms with Crippen molar-refractivity contribution in [3.63, 3.8) is 0 Å². The summed E-state index contributed by atoms with van der Waals surface area (Å²) in [4.78, 5) is 12.1. The molecule has 1 amide bonds. The lowest BCUT2D eigenvalue weighted by Crippen LogP contribution is -2.34. The van der Waals surface area contributed by atoms with E-state index in [9.17, 15) is 4.79 Å². The van der Waals surface area contributed by atoms with Crippen LogP contribution in [0.1, 0.15) is 30.4 Å². The molecule has 1 aromatic heterocycles. The molecular formula is C13H22BrN3O2. The van der Waals surface area contributed by atoms with Gasteiger partial charge < -0.3 is 19.9 Å². The lowest BCUT2D eigenvalue weighted by molar-refractivity contribution is 0.0943. The number of carbonyl (C=O) groups is 1. The highest BCUT2D eigenvalue weighted by molar-refractivity contribution is 9.10. The zero-order valence-electron chi connectivity index (χ0n) is 11.7. The van der Waals surface area contributed by atoms with Crippen LogP contribution in [0, 0.1) is 0 Å². The molecule has 1 aromatic rings. The normalized spacial score (nSPS) is 11.0. The first-order chi connectivity index (χ1) is 9.06. The third kappa shape index (κ3) is 5.34. The summed E-state index contributed by atoms with van der Waals surface area (Å²) in [6.07, 6.45) is 1.93. The standard InChI is InChI=1S/C13H22BrN3O2/c1-10(2)17-9-11(14)8-12(17)13(18)16-5-4-15-6-7-19-3/h8-10,15H,4-7H2,1-3H3,(H,16,18).